The van der Waals surface area contributed by atoms with E-state index < -0.39 is 0 Å². The molecule has 0 unspecified atom stereocenters. The molecule has 0 spiro atoms. The van der Waals surface area contributed by atoms with Crippen LogP contribution in [0.25, 0.3) is 0 Å². The second-order valence-corrected chi connectivity index (χ2v) is 8.46. The van der Waals surface area contributed by atoms with Crippen molar-refractivity contribution in [2.75, 3.05) is 51.2 Å². The van der Waals surface area contributed by atoms with Crippen molar-refractivity contribution in [1.29, 1.82) is 0 Å². The standard InChI is InChI=1S/C22H29N3O4S/c1-24(2)19-9-8-17(23-21(26)15-28-3)12-16(19)13-25(14-18-6-4-10-29-18)22(27)20-7-5-11-30-20/h5,7-9,11-12,18H,4,6,10,13-15H2,1-3H3,(H,23,26)/t18-/m0/s1. The van der Waals surface area contributed by atoms with Crippen LogP contribution >= 0.6 is 11.3 Å². The molecule has 0 aliphatic carbocycles. The van der Waals surface area contributed by atoms with Gasteiger partial charge < -0.3 is 24.6 Å². The maximum Gasteiger partial charge on any atom is 0.264 e. The lowest BCUT2D eigenvalue weighted by atomic mass is 10.1. The zero-order valence-corrected chi connectivity index (χ0v) is 18.5. The molecule has 1 atom stereocenters. The zero-order chi connectivity index (χ0) is 21.5. The Morgan fingerprint density at radius 3 is 2.77 bits per heavy atom. The molecule has 162 valence electrons. The molecule has 1 aromatic heterocycles. The summed E-state index contributed by atoms with van der Waals surface area (Å²) in [4.78, 5) is 29.7. The van der Waals surface area contributed by atoms with Crippen LogP contribution in [0.5, 0.6) is 0 Å². The number of amides is 2. The number of carbonyl (C=O) groups is 2. The average molecular weight is 432 g/mol. The van der Waals surface area contributed by atoms with E-state index in [0.29, 0.717) is 23.7 Å². The van der Waals surface area contributed by atoms with E-state index in [0.717, 1.165) is 30.7 Å². The van der Waals surface area contributed by atoms with Crippen molar-refractivity contribution in [3.8, 4) is 0 Å². The molecule has 0 radical (unpaired) electrons. The van der Waals surface area contributed by atoms with Gasteiger partial charge in [-0.2, -0.15) is 0 Å². The number of benzene rings is 1. The minimum absolute atomic E-state index is 0.000900. The van der Waals surface area contributed by atoms with Gasteiger partial charge >= 0.3 is 0 Å². The Labute approximate surface area is 181 Å². The number of nitrogens with zero attached hydrogens (tertiary/aromatic N) is 2. The molecular weight excluding hydrogens is 402 g/mol. The van der Waals surface area contributed by atoms with E-state index in [4.69, 9.17) is 9.47 Å². The van der Waals surface area contributed by atoms with Crippen LogP contribution in [-0.4, -0.2) is 63.8 Å². The van der Waals surface area contributed by atoms with Crippen LogP contribution in [-0.2, 0) is 20.8 Å². The first-order valence-electron chi connectivity index (χ1n) is 10.0. The van der Waals surface area contributed by atoms with Crippen LogP contribution in [0, 0.1) is 0 Å². The Balaban J connectivity index is 1.86. The van der Waals surface area contributed by atoms with Crippen molar-refractivity contribution in [2.24, 2.45) is 0 Å². The molecule has 1 aromatic carbocycles. The number of anilines is 2. The summed E-state index contributed by atoms with van der Waals surface area (Å²) in [5, 5.41) is 4.76. The number of methoxy groups -OCH3 is 1. The highest BCUT2D eigenvalue weighted by atomic mass is 32.1. The molecule has 2 aromatic rings. The van der Waals surface area contributed by atoms with Crippen molar-refractivity contribution in [3.05, 3.63) is 46.2 Å². The van der Waals surface area contributed by atoms with Crippen LogP contribution in [0.1, 0.15) is 28.1 Å². The summed E-state index contributed by atoms with van der Waals surface area (Å²) in [6.07, 6.45) is 2.04. The fraction of sp³-hybridized carbons (Fsp3) is 0.455. The lowest BCUT2D eigenvalue weighted by Crippen LogP contribution is -2.37. The summed E-state index contributed by atoms with van der Waals surface area (Å²) in [7, 11) is 5.42. The number of hydrogen-bond acceptors (Lipinski definition) is 6. The van der Waals surface area contributed by atoms with Gasteiger partial charge in [0.1, 0.15) is 6.61 Å². The van der Waals surface area contributed by atoms with Gasteiger partial charge in [-0.3, -0.25) is 9.59 Å². The summed E-state index contributed by atoms with van der Waals surface area (Å²) in [5.41, 5.74) is 2.63. The van der Waals surface area contributed by atoms with E-state index in [9.17, 15) is 9.59 Å². The molecule has 2 heterocycles. The Morgan fingerprint density at radius 1 is 1.30 bits per heavy atom. The Morgan fingerprint density at radius 2 is 2.13 bits per heavy atom. The first-order chi connectivity index (χ1) is 14.5. The summed E-state index contributed by atoms with van der Waals surface area (Å²) in [5.74, 6) is -0.217. The lowest BCUT2D eigenvalue weighted by Gasteiger charge is -2.28. The first-order valence-corrected chi connectivity index (χ1v) is 10.9. The van der Waals surface area contributed by atoms with Gasteiger partial charge in [0.25, 0.3) is 5.91 Å². The fourth-order valence-corrected chi connectivity index (χ4v) is 4.26. The molecule has 8 heteroatoms. The second-order valence-electron chi connectivity index (χ2n) is 7.52. The SMILES string of the molecule is COCC(=O)Nc1ccc(N(C)C)c(CN(C[C@@H]2CCCO2)C(=O)c2cccs2)c1. The molecule has 2 amide bonds. The van der Waals surface area contributed by atoms with Crippen LogP contribution in [0.2, 0.25) is 0 Å². The third-order valence-corrected chi connectivity index (χ3v) is 5.81. The van der Waals surface area contributed by atoms with Gasteiger partial charge in [0.15, 0.2) is 0 Å². The molecule has 1 aliphatic heterocycles. The van der Waals surface area contributed by atoms with Crippen molar-refractivity contribution < 1.29 is 19.1 Å². The summed E-state index contributed by atoms with van der Waals surface area (Å²) in [6.45, 7) is 1.71. The van der Waals surface area contributed by atoms with E-state index in [1.165, 1.54) is 18.4 Å². The summed E-state index contributed by atoms with van der Waals surface area (Å²) in [6, 6.07) is 9.48. The van der Waals surface area contributed by atoms with Crippen LogP contribution in [0.4, 0.5) is 11.4 Å². The van der Waals surface area contributed by atoms with Gasteiger partial charge in [0.05, 0.1) is 11.0 Å². The third-order valence-electron chi connectivity index (χ3n) is 4.95. The van der Waals surface area contributed by atoms with Gasteiger partial charge in [-0.25, -0.2) is 0 Å². The van der Waals surface area contributed by atoms with Gasteiger partial charge in [-0.1, -0.05) is 6.07 Å². The Kier molecular flexibility index (Phi) is 7.84. The molecule has 0 bridgehead atoms. The Bertz CT molecular complexity index is 848. The normalized spacial score (nSPS) is 15.8. The maximum absolute atomic E-state index is 13.2. The Hall–Kier alpha value is -2.42. The van der Waals surface area contributed by atoms with Crippen molar-refractivity contribution in [3.63, 3.8) is 0 Å². The topological polar surface area (TPSA) is 71.1 Å². The average Bonchev–Trinajstić information content (AvgIpc) is 3.41. The van der Waals surface area contributed by atoms with Crippen molar-refractivity contribution in [2.45, 2.75) is 25.5 Å². The third kappa shape index (κ3) is 5.81. The molecule has 0 saturated carbocycles. The number of hydrogen-bond donors (Lipinski definition) is 1. The number of thiophene rings is 1. The smallest absolute Gasteiger partial charge is 0.264 e. The molecule has 7 nitrogen and oxygen atoms in total. The number of ether oxygens (including phenoxy) is 2. The van der Waals surface area contributed by atoms with E-state index in [2.05, 4.69) is 5.32 Å². The molecule has 1 N–H and O–H groups in total. The van der Waals surface area contributed by atoms with Crippen LogP contribution in [0.15, 0.2) is 35.7 Å². The van der Waals surface area contributed by atoms with Crippen molar-refractivity contribution in [1.82, 2.24) is 4.90 Å². The van der Waals surface area contributed by atoms with E-state index >= 15 is 0 Å². The highest BCUT2D eigenvalue weighted by molar-refractivity contribution is 7.12. The largest absolute Gasteiger partial charge is 0.377 e. The van der Waals surface area contributed by atoms with E-state index in [1.807, 2.05) is 59.6 Å². The van der Waals surface area contributed by atoms with E-state index in [-0.39, 0.29) is 24.5 Å². The van der Waals surface area contributed by atoms with E-state index in [1.54, 1.807) is 0 Å². The van der Waals surface area contributed by atoms with Gasteiger partial charge in [-0.15, -0.1) is 11.3 Å². The number of nitrogens with one attached hydrogen (secondary N) is 1. The molecule has 30 heavy (non-hydrogen) atoms. The predicted octanol–water partition coefficient (Wildman–Crippen LogP) is 3.22. The van der Waals surface area contributed by atoms with Gasteiger partial charge in [0.2, 0.25) is 5.91 Å². The van der Waals surface area contributed by atoms with Gasteiger partial charge in [0, 0.05) is 52.3 Å². The first kappa shape index (κ1) is 22.3. The highest BCUT2D eigenvalue weighted by Crippen LogP contribution is 2.27. The summed E-state index contributed by atoms with van der Waals surface area (Å²) < 4.78 is 10.7. The molecule has 1 aliphatic rings. The predicted molar refractivity (Wildman–Crippen MR) is 119 cm³/mol. The van der Waals surface area contributed by atoms with Crippen LogP contribution in [0.3, 0.4) is 0 Å². The summed E-state index contributed by atoms with van der Waals surface area (Å²) >= 11 is 1.44. The molecular formula is C22H29N3O4S. The molecule has 1 fully saturated rings. The fourth-order valence-electron chi connectivity index (χ4n) is 3.57. The molecule has 1 saturated heterocycles. The monoisotopic (exact) mass is 431 g/mol. The minimum atomic E-state index is -0.216. The zero-order valence-electron chi connectivity index (χ0n) is 17.7. The van der Waals surface area contributed by atoms with Crippen molar-refractivity contribution >= 4 is 34.5 Å². The second kappa shape index (κ2) is 10.6. The highest BCUT2D eigenvalue weighted by Gasteiger charge is 2.25. The lowest BCUT2D eigenvalue weighted by molar-refractivity contribution is -0.119. The van der Waals surface area contributed by atoms with Crippen LogP contribution < -0.4 is 10.2 Å². The molecule has 3 rings (SSSR count). The van der Waals surface area contributed by atoms with Gasteiger partial charge in [-0.05, 0) is 48.1 Å². The number of carbonyl (C=O) groups excluding carboxylic acids is 2. The minimum Gasteiger partial charge on any atom is -0.377 e. The number of rotatable bonds is 9. The quantitative estimate of drug-likeness (QED) is 0.660. The maximum atomic E-state index is 13.2.